The molecule has 0 aromatic rings. The van der Waals surface area contributed by atoms with Crippen LogP contribution in [0.5, 0.6) is 0 Å². The molecule has 0 rings (SSSR count). The topological polar surface area (TPSA) is 29.1 Å². The maximum absolute atomic E-state index is 9.94. The molecule has 0 atom stereocenters. The lowest BCUT2D eigenvalue weighted by molar-refractivity contribution is -0.108. The van der Waals surface area contributed by atoms with Crippen molar-refractivity contribution in [2.45, 2.75) is 6.92 Å². The number of nitrogens with one attached hydrogen (secondary N) is 1. The lowest BCUT2D eigenvalue weighted by atomic mass is 10.3. The molecule has 2 nitrogen and oxygen atoms in total. The zero-order valence-corrected chi connectivity index (χ0v) is 6.00. The van der Waals surface area contributed by atoms with Gasteiger partial charge in [0.1, 0.15) is 0 Å². The molecule has 0 unspecified atom stereocenters. The highest BCUT2D eigenvalue weighted by Gasteiger charge is 1.82. The minimum Gasteiger partial charge on any atom is -0.329 e. The van der Waals surface area contributed by atoms with Crippen molar-refractivity contribution >= 4 is 6.41 Å². The standard InChI is InChI=1S/C8H11NO/c1-3-5-8(6-4-2)9-7-10/h3-7H,1H2,2H3,(H,9,10)/b6-4+,8-5+. The predicted molar refractivity (Wildman–Crippen MR) is 42.3 cm³/mol. The lowest BCUT2D eigenvalue weighted by Gasteiger charge is -1.94. The molecule has 1 N–H and O–H groups in total. The Balaban J connectivity index is 4.09. The zero-order valence-electron chi connectivity index (χ0n) is 6.00. The molecular formula is C8H11NO. The van der Waals surface area contributed by atoms with E-state index in [-0.39, 0.29) is 0 Å². The van der Waals surface area contributed by atoms with Gasteiger partial charge in [0.15, 0.2) is 0 Å². The van der Waals surface area contributed by atoms with Crippen molar-refractivity contribution in [2.75, 3.05) is 0 Å². The lowest BCUT2D eigenvalue weighted by Crippen LogP contribution is -2.07. The number of hydrogen-bond acceptors (Lipinski definition) is 1. The second-order valence-corrected chi connectivity index (χ2v) is 1.62. The van der Waals surface area contributed by atoms with E-state index in [4.69, 9.17) is 0 Å². The Labute approximate surface area is 60.9 Å². The van der Waals surface area contributed by atoms with Gasteiger partial charge in [-0.3, -0.25) is 4.79 Å². The number of carbonyl (C=O) groups is 1. The van der Waals surface area contributed by atoms with Gasteiger partial charge in [0.05, 0.1) is 0 Å². The average molecular weight is 137 g/mol. The first-order chi connectivity index (χ1) is 4.85. The Morgan fingerprint density at radius 2 is 2.30 bits per heavy atom. The smallest absolute Gasteiger partial charge is 0.211 e. The largest absolute Gasteiger partial charge is 0.329 e. The second kappa shape index (κ2) is 5.82. The van der Waals surface area contributed by atoms with E-state index in [9.17, 15) is 4.79 Å². The van der Waals surface area contributed by atoms with E-state index in [1.165, 1.54) is 0 Å². The first-order valence-corrected chi connectivity index (χ1v) is 3.00. The third-order valence-corrected chi connectivity index (χ3v) is 0.869. The molecule has 0 bridgehead atoms. The predicted octanol–water partition coefficient (Wildman–Crippen LogP) is 1.38. The first-order valence-electron chi connectivity index (χ1n) is 3.00. The normalized spacial score (nSPS) is 11.5. The summed E-state index contributed by atoms with van der Waals surface area (Å²) in [7, 11) is 0. The molecule has 0 aliphatic carbocycles. The molecule has 0 saturated heterocycles. The zero-order chi connectivity index (χ0) is 7.82. The van der Waals surface area contributed by atoms with Gasteiger partial charge < -0.3 is 5.32 Å². The van der Waals surface area contributed by atoms with Crippen molar-refractivity contribution in [1.82, 2.24) is 5.32 Å². The molecule has 0 radical (unpaired) electrons. The van der Waals surface area contributed by atoms with Crippen molar-refractivity contribution in [2.24, 2.45) is 0 Å². The molecule has 0 heterocycles. The van der Waals surface area contributed by atoms with E-state index in [0.717, 1.165) is 5.70 Å². The second-order valence-electron chi connectivity index (χ2n) is 1.62. The van der Waals surface area contributed by atoms with Crippen LogP contribution in [0.2, 0.25) is 0 Å². The molecular weight excluding hydrogens is 126 g/mol. The Bertz CT molecular complexity index is 168. The summed E-state index contributed by atoms with van der Waals surface area (Å²) in [6.45, 7) is 5.38. The molecule has 1 amide bonds. The van der Waals surface area contributed by atoms with E-state index >= 15 is 0 Å². The van der Waals surface area contributed by atoms with Gasteiger partial charge in [-0.2, -0.15) is 0 Å². The Morgan fingerprint density at radius 3 is 2.70 bits per heavy atom. The maximum atomic E-state index is 9.94. The molecule has 10 heavy (non-hydrogen) atoms. The average Bonchev–Trinajstić information content (AvgIpc) is 1.90. The summed E-state index contributed by atoms with van der Waals surface area (Å²) in [6, 6.07) is 0. The Morgan fingerprint density at radius 1 is 1.60 bits per heavy atom. The van der Waals surface area contributed by atoms with Crippen LogP contribution in [0, 0.1) is 0 Å². The fourth-order valence-corrected chi connectivity index (χ4v) is 0.526. The van der Waals surface area contributed by atoms with Crippen LogP contribution in [0.25, 0.3) is 0 Å². The van der Waals surface area contributed by atoms with Gasteiger partial charge in [-0.05, 0) is 19.1 Å². The summed E-state index contributed by atoms with van der Waals surface area (Å²) in [4.78, 5) is 9.94. The molecule has 54 valence electrons. The SMILES string of the molecule is C=C/C=C(\C=C\C)NC=O. The number of amides is 1. The molecule has 0 fully saturated rings. The van der Waals surface area contributed by atoms with Gasteiger partial charge in [-0.25, -0.2) is 0 Å². The first kappa shape index (κ1) is 8.69. The number of allylic oxidation sites excluding steroid dienone is 4. The van der Waals surface area contributed by atoms with Gasteiger partial charge in [0.25, 0.3) is 0 Å². The Kier molecular flexibility index (Phi) is 5.06. The van der Waals surface area contributed by atoms with Crippen LogP contribution in [0.1, 0.15) is 6.92 Å². The summed E-state index contributed by atoms with van der Waals surface area (Å²) in [6.07, 6.45) is 7.59. The molecule has 0 aromatic carbocycles. The summed E-state index contributed by atoms with van der Waals surface area (Å²) in [5, 5.41) is 2.51. The molecule has 0 spiro atoms. The van der Waals surface area contributed by atoms with Crippen LogP contribution >= 0.6 is 0 Å². The van der Waals surface area contributed by atoms with E-state index in [0.29, 0.717) is 6.41 Å². The minimum absolute atomic E-state index is 0.634. The van der Waals surface area contributed by atoms with Crippen LogP contribution in [-0.2, 0) is 4.79 Å². The van der Waals surface area contributed by atoms with Crippen molar-refractivity contribution in [1.29, 1.82) is 0 Å². The van der Waals surface area contributed by atoms with E-state index < -0.39 is 0 Å². The monoisotopic (exact) mass is 137 g/mol. The maximum Gasteiger partial charge on any atom is 0.211 e. The molecule has 0 aliphatic heterocycles. The number of carbonyl (C=O) groups excluding carboxylic acids is 1. The Hall–Kier alpha value is -1.31. The van der Waals surface area contributed by atoms with E-state index in [1.807, 2.05) is 13.0 Å². The van der Waals surface area contributed by atoms with E-state index in [1.54, 1.807) is 18.2 Å². The highest BCUT2D eigenvalue weighted by atomic mass is 16.1. The van der Waals surface area contributed by atoms with E-state index in [2.05, 4.69) is 11.9 Å². The molecule has 0 saturated carbocycles. The molecule has 0 aliphatic rings. The van der Waals surface area contributed by atoms with Gasteiger partial charge in [-0.1, -0.05) is 18.7 Å². The van der Waals surface area contributed by atoms with Gasteiger partial charge in [-0.15, -0.1) is 0 Å². The molecule has 0 aromatic heterocycles. The quantitative estimate of drug-likeness (QED) is 0.460. The third kappa shape index (κ3) is 3.66. The van der Waals surface area contributed by atoms with Crippen molar-refractivity contribution < 1.29 is 4.79 Å². The van der Waals surface area contributed by atoms with Gasteiger partial charge in [0.2, 0.25) is 6.41 Å². The summed E-state index contributed by atoms with van der Waals surface area (Å²) >= 11 is 0. The fourth-order valence-electron chi connectivity index (χ4n) is 0.526. The summed E-state index contributed by atoms with van der Waals surface area (Å²) in [5.74, 6) is 0. The highest BCUT2D eigenvalue weighted by molar-refractivity contribution is 5.52. The van der Waals surface area contributed by atoms with Crippen LogP contribution in [0.4, 0.5) is 0 Å². The number of hydrogen-bond donors (Lipinski definition) is 1. The summed E-state index contributed by atoms with van der Waals surface area (Å²) in [5.41, 5.74) is 0.743. The van der Waals surface area contributed by atoms with Crippen LogP contribution in [0.15, 0.2) is 36.6 Å². The van der Waals surface area contributed by atoms with Crippen molar-refractivity contribution in [3.05, 3.63) is 36.6 Å². The van der Waals surface area contributed by atoms with Crippen LogP contribution in [-0.4, -0.2) is 6.41 Å². The number of rotatable bonds is 4. The third-order valence-electron chi connectivity index (χ3n) is 0.869. The fraction of sp³-hybridized carbons (Fsp3) is 0.125. The minimum atomic E-state index is 0.634. The van der Waals surface area contributed by atoms with Gasteiger partial charge in [0, 0.05) is 5.70 Å². The van der Waals surface area contributed by atoms with Gasteiger partial charge >= 0.3 is 0 Å². The van der Waals surface area contributed by atoms with Crippen molar-refractivity contribution in [3.63, 3.8) is 0 Å². The van der Waals surface area contributed by atoms with Crippen LogP contribution < -0.4 is 5.32 Å². The summed E-state index contributed by atoms with van der Waals surface area (Å²) < 4.78 is 0. The van der Waals surface area contributed by atoms with Crippen LogP contribution in [0.3, 0.4) is 0 Å². The molecule has 2 heteroatoms. The van der Waals surface area contributed by atoms with Crippen molar-refractivity contribution in [3.8, 4) is 0 Å². The highest BCUT2D eigenvalue weighted by Crippen LogP contribution is 1.89.